The molecule has 0 radical (unpaired) electrons. The van der Waals surface area contributed by atoms with Gasteiger partial charge in [-0.2, -0.15) is 0 Å². The molecule has 0 fully saturated rings. The van der Waals surface area contributed by atoms with E-state index >= 15 is 0 Å². The van der Waals surface area contributed by atoms with Crippen LogP contribution in [0.25, 0.3) is 0 Å². The van der Waals surface area contributed by atoms with Crippen LogP contribution in [0.4, 0.5) is 0 Å². The van der Waals surface area contributed by atoms with E-state index in [4.69, 9.17) is 0 Å². The van der Waals surface area contributed by atoms with Gasteiger partial charge in [-0.3, -0.25) is 0 Å². The molecule has 0 saturated carbocycles. The summed E-state index contributed by atoms with van der Waals surface area (Å²) < 4.78 is 0. The summed E-state index contributed by atoms with van der Waals surface area (Å²) >= 11 is 0. The maximum absolute atomic E-state index is 9.92. The first-order valence-corrected chi connectivity index (χ1v) is 11.9. The van der Waals surface area contributed by atoms with Gasteiger partial charge in [-0.05, 0) is 38.5 Å². The Kier molecular flexibility index (Phi) is 41.9. The molecule has 190 valence electrons. The van der Waals surface area contributed by atoms with Gasteiger partial charge in [0.15, 0.2) is 0 Å². The zero-order valence-electron chi connectivity index (χ0n) is 20.0. The van der Waals surface area contributed by atoms with Crippen molar-refractivity contribution in [3.8, 4) is 0 Å². The second kappa shape index (κ2) is 34.3. The third-order valence-electron chi connectivity index (χ3n) is 4.45. The Labute approximate surface area is 219 Å². The molecule has 0 rings (SSSR count). The average molecular weight is 599 g/mol. The second-order valence-corrected chi connectivity index (χ2v) is 7.61. The third kappa shape index (κ3) is 53.2. The summed E-state index contributed by atoms with van der Waals surface area (Å²) in [5.41, 5.74) is 0. The molecule has 0 aromatic carbocycles. The SMILES string of the molecule is CCCCCCCC(=O)[O-].CCCCCCCC(=O)[O-].CCCCCCCC(=O)[O-].[Tm+3]. The van der Waals surface area contributed by atoms with Gasteiger partial charge in [-0.25, -0.2) is 0 Å². The largest absolute Gasteiger partial charge is 3.00 e. The van der Waals surface area contributed by atoms with Crippen LogP contribution in [0.3, 0.4) is 0 Å². The normalized spacial score (nSPS) is 9.39. The van der Waals surface area contributed by atoms with E-state index < -0.39 is 17.9 Å². The number of rotatable bonds is 18. The van der Waals surface area contributed by atoms with Crippen molar-refractivity contribution in [1.82, 2.24) is 0 Å². The maximum Gasteiger partial charge on any atom is 3.00 e. The van der Waals surface area contributed by atoms with Gasteiger partial charge in [-0.15, -0.1) is 0 Å². The van der Waals surface area contributed by atoms with E-state index in [0.717, 1.165) is 57.8 Å². The van der Waals surface area contributed by atoms with Gasteiger partial charge in [0.1, 0.15) is 0 Å². The summed E-state index contributed by atoms with van der Waals surface area (Å²) in [6.45, 7) is 6.41. The van der Waals surface area contributed by atoms with E-state index in [-0.39, 0.29) is 56.1 Å². The first-order chi connectivity index (χ1) is 14.3. The molecular weight excluding hydrogens is 553 g/mol. The molecule has 0 bridgehead atoms. The molecule has 6 nitrogen and oxygen atoms in total. The van der Waals surface area contributed by atoms with Crippen LogP contribution in [0, 0.1) is 36.9 Å². The number of hydrogen-bond acceptors (Lipinski definition) is 6. The van der Waals surface area contributed by atoms with Crippen molar-refractivity contribution in [3.63, 3.8) is 0 Å². The molecule has 0 aromatic rings. The summed E-state index contributed by atoms with van der Waals surface area (Å²) in [7, 11) is 0. The monoisotopic (exact) mass is 598 g/mol. The van der Waals surface area contributed by atoms with Crippen LogP contribution in [-0.4, -0.2) is 17.9 Å². The standard InChI is InChI=1S/3C8H16O2.Tm/c3*1-2-3-4-5-6-7-8(9)10;/h3*2-7H2,1H3,(H,9,10);/q;;;+3/p-3. The maximum atomic E-state index is 9.92. The number of unbranched alkanes of at least 4 members (excludes halogenated alkanes) is 12. The van der Waals surface area contributed by atoms with E-state index in [1.54, 1.807) is 0 Å². The number of carboxylic acid groups (broad SMARTS) is 3. The molecule has 0 aliphatic heterocycles. The Morgan fingerprint density at radius 2 is 0.613 bits per heavy atom. The van der Waals surface area contributed by atoms with E-state index in [0.29, 0.717) is 0 Å². The van der Waals surface area contributed by atoms with Crippen LogP contribution < -0.4 is 15.3 Å². The first-order valence-electron chi connectivity index (χ1n) is 11.9. The van der Waals surface area contributed by atoms with Crippen molar-refractivity contribution in [1.29, 1.82) is 0 Å². The number of carbonyl (C=O) groups excluding carboxylic acids is 3. The summed E-state index contributed by atoms with van der Waals surface area (Å²) in [4.78, 5) is 29.8. The average Bonchev–Trinajstić information content (AvgIpc) is 2.68. The van der Waals surface area contributed by atoms with Crippen LogP contribution in [0.15, 0.2) is 0 Å². The Balaban J connectivity index is -0.000000174. The van der Waals surface area contributed by atoms with E-state index in [9.17, 15) is 29.7 Å². The quantitative estimate of drug-likeness (QED) is 0.224. The molecule has 0 unspecified atom stereocenters. The van der Waals surface area contributed by atoms with E-state index in [1.807, 2.05) is 0 Å². The summed E-state index contributed by atoms with van der Waals surface area (Å²) in [5.74, 6) is -2.76. The molecule has 7 heteroatoms. The summed E-state index contributed by atoms with van der Waals surface area (Å²) in [5, 5.41) is 29.8. The zero-order valence-corrected chi connectivity index (χ0v) is 21.7. The smallest absolute Gasteiger partial charge is 0.550 e. The molecule has 0 atom stereocenters. The Hall–Kier alpha value is -0.356. The molecule has 31 heavy (non-hydrogen) atoms. The van der Waals surface area contributed by atoms with Crippen LogP contribution in [-0.2, 0) is 14.4 Å². The fourth-order valence-corrected chi connectivity index (χ4v) is 2.62. The van der Waals surface area contributed by atoms with Crippen molar-refractivity contribution in [3.05, 3.63) is 0 Å². The van der Waals surface area contributed by atoms with Crippen molar-refractivity contribution < 1.29 is 66.6 Å². The van der Waals surface area contributed by atoms with Gasteiger partial charge in [0.2, 0.25) is 0 Å². The van der Waals surface area contributed by atoms with Gasteiger partial charge in [0.25, 0.3) is 0 Å². The van der Waals surface area contributed by atoms with E-state index in [2.05, 4.69) is 20.8 Å². The number of hydrogen-bond donors (Lipinski definition) is 0. The fraction of sp³-hybridized carbons (Fsp3) is 0.875. The number of aliphatic carboxylic acids is 3. The molecule has 0 aliphatic rings. The van der Waals surface area contributed by atoms with Crippen molar-refractivity contribution in [2.24, 2.45) is 0 Å². The minimum atomic E-state index is -0.920. The first kappa shape index (κ1) is 37.9. The van der Waals surface area contributed by atoms with E-state index in [1.165, 1.54) is 38.5 Å². The minimum Gasteiger partial charge on any atom is -0.550 e. The molecule has 0 aliphatic carbocycles. The molecule has 0 heterocycles. The van der Waals surface area contributed by atoms with Crippen molar-refractivity contribution >= 4 is 17.9 Å². The third-order valence-corrected chi connectivity index (χ3v) is 4.45. The Bertz CT molecular complexity index is 331. The molecule has 0 spiro atoms. The predicted octanol–water partition coefficient (Wildman–Crippen LogP) is 3.29. The number of carboxylic acids is 3. The van der Waals surface area contributed by atoms with Crippen LogP contribution in [0.1, 0.15) is 136 Å². The van der Waals surface area contributed by atoms with Gasteiger partial charge in [0, 0.05) is 17.9 Å². The topological polar surface area (TPSA) is 120 Å². The van der Waals surface area contributed by atoms with Crippen LogP contribution in [0.2, 0.25) is 0 Å². The van der Waals surface area contributed by atoms with Crippen LogP contribution in [0.5, 0.6) is 0 Å². The molecule has 0 aromatic heterocycles. The molecule has 0 amide bonds. The minimum absolute atomic E-state index is 0. The molecule has 0 N–H and O–H groups in total. The fourth-order valence-electron chi connectivity index (χ4n) is 2.62. The Morgan fingerprint density at radius 3 is 0.774 bits per heavy atom. The van der Waals surface area contributed by atoms with Crippen LogP contribution >= 0.6 is 0 Å². The van der Waals surface area contributed by atoms with Gasteiger partial charge < -0.3 is 29.7 Å². The number of carbonyl (C=O) groups is 3. The molecule has 0 saturated heterocycles. The summed E-state index contributed by atoms with van der Waals surface area (Å²) in [6.07, 6.45) is 16.8. The van der Waals surface area contributed by atoms with Gasteiger partial charge in [-0.1, -0.05) is 97.8 Å². The van der Waals surface area contributed by atoms with Crippen molar-refractivity contribution in [2.75, 3.05) is 0 Å². The summed E-state index contributed by atoms with van der Waals surface area (Å²) in [6, 6.07) is 0. The predicted molar refractivity (Wildman–Crippen MR) is 115 cm³/mol. The molecular formula is C24H45O6Tm. The van der Waals surface area contributed by atoms with Gasteiger partial charge >= 0.3 is 36.9 Å². The Morgan fingerprint density at radius 1 is 0.419 bits per heavy atom. The second-order valence-electron chi connectivity index (χ2n) is 7.61. The van der Waals surface area contributed by atoms with Crippen molar-refractivity contribution in [2.45, 2.75) is 136 Å². The zero-order chi connectivity index (χ0) is 23.5. The van der Waals surface area contributed by atoms with Gasteiger partial charge in [0.05, 0.1) is 0 Å².